The quantitative estimate of drug-likeness (QED) is 0.682. The van der Waals surface area contributed by atoms with Crippen LogP contribution < -0.4 is 5.32 Å². The van der Waals surface area contributed by atoms with Gasteiger partial charge in [-0.1, -0.05) is 17.7 Å². The summed E-state index contributed by atoms with van der Waals surface area (Å²) in [6.45, 7) is 5.65. The number of rotatable bonds is 4. The highest BCUT2D eigenvalue weighted by Crippen LogP contribution is 2.22. The van der Waals surface area contributed by atoms with E-state index in [4.69, 9.17) is 16.3 Å². The van der Waals surface area contributed by atoms with Crippen LogP contribution in [0.5, 0.6) is 0 Å². The van der Waals surface area contributed by atoms with Crippen LogP contribution in [0.2, 0.25) is 5.02 Å². The Morgan fingerprint density at radius 3 is 2.75 bits per heavy atom. The van der Waals surface area contributed by atoms with Gasteiger partial charge in [-0.05, 0) is 44.9 Å². The number of amides is 1. The molecule has 1 rings (SSSR count). The van der Waals surface area contributed by atoms with Gasteiger partial charge >= 0.3 is 6.09 Å². The Kier molecular flexibility index (Phi) is 5.74. The highest BCUT2D eigenvalue weighted by atomic mass is 35.5. The molecule has 1 N–H and O–H groups in total. The lowest BCUT2D eigenvalue weighted by atomic mass is 10.1. The summed E-state index contributed by atoms with van der Waals surface area (Å²) in [7, 11) is 0. The van der Waals surface area contributed by atoms with Crippen LogP contribution >= 0.6 is 11.6 Å². The van der Waals surface area contributed by atoms with Gasteiger partial charge in [0, 0.05) is 10.7 Å². The van der Waals surface area contributed by atoms with Crippen LogP contribution in [0, 0.1) is 0 Å². The molecule has 0 aromatic heterocycles. The summed E-state index contributed by atoms with van der Waals surface area (Å²) in [5.74, 6) is 0. The Labute approximate surface area is 123 Å². The van der Waals surface area contributed by atoms with E-state index in [0.717, 1.165) is 5.56 Å². The maximum Gasteiger partial charge on any atom is 0.412 e. The number of benzene rings is 1. The first-order valence-corrected chi connectivity index (χ1v) is 6.51. The fourth-order valence-electron chi connectivity index (χ4n) is 1.52. The lowest BCUT2D eigenvalue weighted by Gasteiger charge is -2.20. The average Bonchev–Trinajstić information content (AvgIpc) is 2.29. The molecule has 0 aliphatic carbocycles. The largest absolute Gasteiger partial charge is 0.444 e. The third-order valence-corrected chi connectivity index (χ3v) is 2.50. The summed E-state index contributed by atoms with van der Waals surface area (Å²) in [5.41, 5.74) is 0.789. The van der Waals surface area contributed by atoms with Gasteiger partial charge in [-0.2, -0.15) is 0 Å². The van der Waals surface area contributed by atoms with Crippen LogP contribution in [0.1, 0.15) is 26.3 Å². The number of aliphatic imine (C=N–C) groups is 1. The molecule has 0 saturated carbocycles. The molecule has 0 fully saturated rings. The number of nitrogens with zero attached hydrogens (tertiary/aromatic N) is 1. The lowest BCUT2D eigenvalue weighted by molar-refractivity contribution is 0.0636. The number of ether oxygens (including phenoxy) is 1. The number of carbonyl (C=O) groups is 1. The molecule has 0 spiro atoms. The number of isocyanates is 1. The van der Waals surface area contributed by atoms with Gasteiger partial charge in [0.15, 0.2) is 0 Å². The van der Waals surface area contributed by atoms with Gasteiger partial charge in [-0.3, -0.25) is 5.32 Å². The molecule has 0 unspecified atom stereocenters. The standard InChI is InChI=1S/C14H17ClN2O3/c1-14(2,3)20-13(19)17-12-8-11(15)5-4-10(12)6-7-16-9-18/h4-5,8H,6-7H2,1-3H3,(H,17,19). The van der Waals surface area contributed by atoms with E-state index in [1.165, 1.54) is 6.08 Å². The molecule has 108 valence electrons. The number of halogens is 1. The molecular formula is C14H17ClN2O3. The second-order valence-electron chi connectivity index (χ2n) is 5.15. The predicted molar refractivity (Wildman–Crippen MR) is 78.0 cm³/mol. The minimum absolute atomic E-state index is 0.300. The van der Waals surface area contributed by atoms with Crippen molar-refractivity contribution < 1.29 is 14.3 Å². The summed E-state index contributed by atoms with van der Waals surface area (Å²) in [6, 6.07) is 5.11. The van der Waals surface area contributed by atoms with Crippen LogP contribution in [0.25, 0.3) is 0 Å². The Bertz CT molecular complexity index is 532. The monoisotopic (exact) mass is 296 g/mol. The van der Waals surface area contributed by atoms with Crippen molar-refractivity contribution in [2.45, 2.75) is 32.8 Å². The van der Waals surface area contributed by atoms with Crippen molar-refractivity contribution in [3.63, 3.8) is 0 Å². The molecule has 1 aromatic carbocycles. The minimum atomic E-state index is -0.579. The van der Waals surface area contributed by atoms with Crippen molar-refractivity contribution in [3.05, 3.63) is 28.8 Å². The summed E-state index contributed by atoms with van der Waals surface area (Å²) in [4.78, 5) is 25.3. The van der Waals surface area contributed by atoms with Crippen LogP contribution in [0.15, 0.2) is 23.2 Å². The van der Waals surface area contributed by atoms with Crippen molar-refractivity contribution in [1.29, 1.82) is 0 Å². The van der Waals surface area contributed by atoms with Gasteiger partial charge in [-0.15, -0.1) is 0 Å². The highest BCUT2D eigenvalue weighted by Gasteiger charge is 2.17. The van der Waals surface area contributed by atoms with Crippen molar-refractivity contribution in [2.75, 3.05) is 11.9 Å². The maximum atomic E-state index is 11.8. The minimum Gasteiger partial charge on any atom is -0.444 e. The topological polar surface area (TPSA) is 67.8 Å². The second kappa shape index (κ2) is 7.08. The zero-order valence-corrected chi connectivity index (χ0v) is 12.5. The third-order valence-electron chi connectivity index (χ3n) is 2.27. The van der Waals surface area contributed by atoms with Gasteiger partial charge in [0.05, 0.1) is 6.54 Å². The molecule has 1 aromatic rings. The van der Waals surface area contributed by atoms with Gasteiger partial charge in [0.2, 0.25) is 6.08 Å². The average molecular weight is 297 g/mol. The fourth-order valence-corrected chi connectivity index (χ4v) is 1.69. The van der Waals surface area contributed by atoms with E-state index >= 15 is 0 Å². The molecule has 0 bridgehead atoms. The molecule has 20 heavy (non-hydrogen) atoms. The summed E-state index contributed by atoms with van der Waals surface area (Å²) < 4.78 is 5.18. The van der Waals surface area contributed by atoms with E-state index in [-0.39, 0.29) is 0 Å². The number of hydrogen-bond donors (Lipinski definition) is 1. The Morgan fingerprint density at radius 1 is 1.45 bits per heavy atom. The molecule has 0 saturated heterocycles. The zero-order valence-electron chi connectivity index (χ0n) is 11.7. The van der Waals surface area contributed by atoms with Gasteiger partial charge in [0.25, 0.3) is 0 Å². The van der Waals surface area contributed by atoms with Crippen molar-refractivity contribution >= 4 is 29.5 Å². The van der Waals surface area contributed by atoms with Gasteiger partial charge in [0.1, 0.15) is 5.60 Å². The molecule has 5 nitrogen and oxygen atoms in total. The molecule has 0 aliphatic rings. The van der Waals surface area contributed by atoms with E-state index in [1.54, 1.807) is 39.0 Å². The first-order valence-electron chi connectivity index (χ1n) is 6.14. The lowest BCUT2D eigenvalue weighted by Crippen LogP contribution is -2.27. The number of anilines is 1. The molecule has 0 aliphatic heterocycles. The fraction of sp³-hybridized carbons (Fsp3) is 0.429. The van der Waals surface area contributed by atoms with Crippen molar-refractivity contribution in [3.8, 4) is 0 Å². The zero-order chi connectivity index (χ0) is 15.2. The Hall–Kier alpha value is -1.84. The van der Waals surface area contributed by atoms with E-state index < -0.39 is 11.7 Å². The van der Waals surface area contributed by atoms with E-state index in [1.807, 2.05) is 0 Å². The summed E-state index contributed by atoms with van der Waals surface area (Å²) >= 11 is 5.92. The Morgan fingerprint density at radius 2 is 2.15 bits per heavy atom. The normalized spacial score (nSPS) is 10.6. The number of carbonyl (C=O) groups excluding carboxylic acids is 2. The first kappa shape index (κ1) is 16.2. The number of hydrogen-bond acceptors (Lipinski definition) is 4. The van der Waals surface area contributed by atoms with Crippen molar-refractivity contribution in [2.24, 2.45) is 4.99 Å². The van der Waals surface area contributed by atoms with E-state index in [9.17, 15) is 9.59 Å². The first-order chi connectivity index (χ1) is 9.31. The maximum absolute atomic E-state index is 11.8. The smallest absolute Gasteiger partial charge is 0.412 e. The van der Waals surface area contributed by atoms with Crippen LogP contribution in [-0.2, 0) is 16.0 Å². The van der Waals surface area contributed by atoms with Crippen LogP contribution in [0.4, 0.5) is 10.5 Å². The van der Waals surface area contributed by atoms with Gasteiger partial charge < -0.3 is 4.74 Å². The molecule has 6 heteroatoms. The second-order valence-corrected chi connectivity index (χ2v) is 5.59. The Balaban J connectivity index is 2.83. The molecule has 1 amide bonds. The van der Waals surface area contributed by atoms with Crippen LogP contribution in [0.3, 0.4) is 0 Å². The SMILES string of the molecule is CC(C)(C)OC(=O)Nc1cc(Cl)ccc1CCN=C=O. The molecule has 0 radical (unpaired) electrons. The number of nitrogens with one attached hydrogen (secondary N) is 1. The van der Waals surface area contributed by atoms with Crippen molar-refractivity contribution in [1.82, 2.24) is 0 Å². The molecule has 0 atom stereocenters. The van der Waals surface area contributed by atoms with Gasteiger partial charge in [-0.25, -0.2) is 14.6 Å². The molecular weight excluding hydrogens is 280 g/mol. The predicted octanol–water partition coefficient (Wildman–Crippen LogP) is 3.57. The molecule has 0 heterocycles. The third kappa shape index (κ3) is 5.87. The summed E-state index contributed by atoms with van der Waals surface area (Å²) in [5, 5.41) is 3.15. The van der Waals surface area contributed by atoms with Crippen LogP contribution in [-0.4, -0.2) is 24.3 Å². The summed E-state index contributed by atoms with van der Waals surface area (Å²) in [6.07, 6.45) is 1.42. The van der Waals surface area contributed by atoms with E-state index in [0.29, 0.717) is 23.7 Å². The highest BCUT2D eigenvalue weighted by molar-refractivity contribution is 6.31. The van der Waals surface area contributed by atoms with E-state index in [2.05, 4.69) is 10.3 Å².